The Labute approximate surface area is 152 Å². The van der Waals surface area contributed by atoms with Crippen molar-refractivity contribution in [3.05, 3.63) is 29.3 Å². The van der Waals surface area contributed by atoms with Crippen molar-refractivity contribution >= 4 is 15.9 Å². The standard InChI is InChI=1S/C18H31N3O3S/c1-7-20-25(23,24)16-9-8-15(6)17(12-16)18(22)19-10-11-21(13(2)3)14(4)5/h8-9,12-14,20H,7,10-11H2,1-6H3,(H,19,22). The highest BCUT2D eigenvalue weighted by atomic mass is 32.2. The lowest BCUT2D eigenvalue weighted by Crippen LogP contribution is -2.42. The van der Waals surface area contributed by atoms with Gasteiger partial charge in [0.1, 0.15) is 0 Å². The zero-order valence-corrected chi connectivity index (χ0v) is 16.9. The summed E-state index contributed by atoms with van der Waals surface area (Å²) in [7, 11) is -3.58. The van der Waals surface area contributed by atoms with Gasteiger partial charge < -0.3 is 5.32 Å². The maximum absolute atomic E-state index is 12.5. The van der Waals surface area contributed by atoms with E-state index in [1.165, 1.54) is 12.1 Å². The fourth-order valence-electron chi connectivity index (χ4n) is 2.79. The van der Waals surface area contributed by atoms with Gasteiger partial charge in [0.15, 0.2) is 0 Å². The highest BCUT2D eigenvalue weighted by molar-refractivity contribution is 7.89. The van der Waals surface area contributed by atoms with Gasteiger partial charge in [-0.2, -0.15) is 0 Å². The smallest absolute Gasteiger partial charge is 0.251 e. The number of hydrogen-bond donors (Lipinski definition) is 2. The van der Waals surface area contributed by atoms with Crippen molar-refractivity contribution in [1.29, 1.82) is 0 Å². The lowest BCUT2D eigenvalue weighted by Gasteiger charge is -2.30. The van der Waals surface area contributed by atoms with Crippen LogP contribution < -0.4 is 10.0 Å². The van der Waals surface area contributed by atoms with Gasteiger partial charge >= 0.3 is 0 Å². The Kier molecular flexibility index (Phi) is 8.05. The molecule has 0 saturated carbocycles. The van der Waals surface area contributed by atoms with Crippen molar-refractivity contribution < 1.29 is 13.2 Å². The molecule has 0 saturated heterocycles. The van der Waals surface area contributed by atoms with Crippen LogP contribution in [0.15, 0.2) is 23.1 Å². The molecular weight excluding hydrogens is 338 g/mol. The number of nitrogens with zero attached hydrogens (tertiary/aromatic N) is 1. The minimum absolute atomic E-state index is 0.107. The van der Waals surface area contributed by atoms with Gasteiger partial charge in [0, 0.05) is 37.3 Å². The van der Waals surface area contributed by atoms with E-state index < -0.39 is 10.0 Å². The zero-order chi connectivity index (χ0) is 19.2. The number of benzene rings is 1. The van der Waals surface area contributed by atoms with E-state index >= 15 is 0 Å². The molecule has 0 heterocycles. The van der Waals surface area contributed by atoms with E-state index in [2.05, 4.69) is 42.6 Å². The molecule has 25 heavy (non-hydrogen) atoms. The van der Waals surface area contributed by atoms with Gasteiger partial charge in [0.2, 0.25) is 10.0 Å². The molecule has 0 spiro atoms. The summed E-state index contributed by atoms with van der Waals surface area (Å²) in [5.41, 5.74) is 1.14. The van der Waals surface area contributed by atoms with E-state index in [1.807, 2.05) is 0 Å². The summed E-state index contributed by atoms with van der Waals surface area (Å²) in [6.45, 7) is 13.6. The SMILES string of the molecule is CCNS(=O)(=O)c1ccc(C)c(C(=O)NCCN(C(C)C)C(C)C)c1. The van der Waals surface area contributed by atoms with Crippen LogP contribution in [0, 0.1) is 6.92 Å². The van der Waals surface area contributed by atoms with Crippen LogP contribution >= 0.6 is 0 Å². The van der Waals surface area contributed by atoms with Gasteiger partial charge in [0.25, 0.3) is 5.91 Å². The van der Waals surface area contributed by atoms with Gasteiger partial charge in [-0.15, -0.1) is 0 Å². The van der Waals surface area contributed by atoms with Crippen molar-refractivity contribution in [2.75, 3.05) is 19.6 Å². The van der Waals surface area contributed by atoms with Crippen molar-refractivity contribution in [3.63, 3.8) is 0 Å². The van der Waals surface area contributed by atoms with Crippen molar-refractivity contribution in [1.82, 2.24) is 14.9 Å². The minimum Gasteiger partial charge on any atom is -0.351 e. The molecular formula is C18H31N3O3S. The molecule has 1 amide bonds. The molecule has 0 bridgehead atoms. The first-order valence-corrected chi connectivity index (χ1v) is 10.2. The van der Waals surface area contributed by atoms with E-state index in [-0.39, 0.29) is 10.8 Å². The Morgan fingerprint density at radius 3 is 2.28 bits per heavy atom. The number of carbonyl (C=O) groups excluding carboxylic acids is 1. The number of nitrogens with one attached hydrogen (secondary N) is 2. The van der Waals surface area contributed by atoms with E-state index in [4.69, 9.17) is 0 Å². The van der Waals surface area contributed by atoms with E-state index in [9.17, 15) is 13.2 Å². The molecule has 0 aliphatic heterocycles. The van der Waals surface area contributed by atoms with Crippen molar-refractivity contribution in [2.45, 2.75) is 58.5 Å². The zero-order valence-electron chi connectivity index (χ0n) is 16.1. The van der Waals surface area contributed by atoms with Crippen LogP contribution in [0.5, 0.6) is 0 Å². The summed E-state index contributed by atoms with van der Waals surface area (Å²) in [5.74, 6) is -0.251. The number of sulfonamides is 1. The van der Waals surface area contributed by atoms with Crippen molar-refractivity contribution in [3.8, 4) is 0 Å². The van der Waals surface area contributed by atoms with Gasteiger partial charge in [0.05, 0.1) is 4.90 Å². The number of rotatable bonds is 9. The molecule has 2 N–H and O–H groups in total. The van der Waals surface area contributed by atoms with Gasteiger partial charge in [-0.05, 0) is 52.3 Å². The first-order valence-electron chi connectivity index (χ1n) is 8.74. The van der Waals surface area contributed by atoms with Gasteiger partial charge in [-0.1, -0.05) is 13.0 Å². The highest BCUT2D eigenvalue weighted by Crippen LogP contribution is 2.15. The molecule has 0 unspecified atom stereocenters. The van der Waals surface area contributed by atoms with Crippen LogP contribution in [-0.2, 0) is 10.0 Å². The van der Waals surface area contributed by atoms with Gasteiger partial charge in [-0.25, -0.2) is 13.1 Å². The Morgan fingerprint density at radius 1 is 1.16 bits per heavy atom. The summed E-state index contributed by atoms with van der Waals surface area (Å²) in [6.07, 6.45) is 0. The third-order valence-corrected chi connectivity index (χ3v) is 5.62. The predicted molar refractivity (Wildman–Crippen MR) is 101 cm³/mol. The van der Waals surface area contributed by atoms with Gasteiger partial charge in [-0.3, -0.25) is 9.69 Å². The largest absolute Gasteiger partial charge is 0.351 e. The normalized spacial score (nSPS) is 12.2. The second-order valence-electron chi connectivity index (χ2n) is 6.66. The second kappa shape index (κ2) is 9.31. The third kappa shape index (κ3) is 6.09. The maximum atomic E-state index is 12.5. The summed E-state index contributed by atoms with van der Waals surface area (Å²) < 4.78 is 26.7. The second-order valence-corrected chi connectivity index (χ2v) is 8.43. The average molecular weight is 370 g/mol. The predicted octanol–water partition coefficient (Wildman–Crippen LogP) is 2.14. The topological polar surface area (TPSA) is 78.5 Å². The molecule has 0 fully saturated rings. The molecule has 0 aromatic heterocycles. The Balaban J connectivity index is 2.85. The molecule has 0 aliphatic carbocycles. The quantitative estimate of drug-likeness (QED) is 0.699. The molecule has 1 aromatic carbocycles. The molecule has 6 nitrogen and oxygen atoms in total. The van der Waals surface area contributed by atoms with Crippen LogP contribution in [0.25, 0.3) is 0 Å². The Bertz CT molecular complexity index is 677. The summed E-state index contributed by atoms with van der Waals surface area (Å²) in [6, 6.07) is 5.40. The van der Waals surface area contributed by atoms with Crippen LogP contribution in [0.4, 0.5) is 0 Å². The Morgan fingerprint density at radius 2 is 1.76 bits per heavy atom. The first kappa shape index (κ1) is 21.6. The maximum Gasteiger partial charge on any atom is 0.251 e. The molecule has 142 valence electrons. The van der Waals surface area contributed by atoms with Crippen LogP contribution in [0.1, 0.15) is 50.5 Å². The number of carbonyl (C=O) groups is 1. The minimum atomic E-state index is -3.58. The van der Waals surface area contributed by atoms with E-state index in [1.54, 1.807) is 19.9 Å². The average Bonchev–Trinajstić information content (AvgIpc) is 2.50. The van der Waals surface area contributed by atoms with Crippen LogP contribution in [-0.4, -0.2) is 50.9 Å². The van der Waals surface area contributed by atoms with Crippen LogP contribution in [0.2, 0.25) is 0 Å². The number of hydrogen-bond acceptors (Lipinski definition) is 4. The third-order valence-electron chi connectivity index (χ3n) is 4.08. The number of amides is 1. The fourth-order valence-corrected chi connectivity index (χ4v) is 3.86. The molecule has 1 rings (SSSR count). The summed E-state index contributed by atoms with van der Waals surface area (Å²) in [4.78, 5) is 14.9. The summed E-state index contributed by atoms with van der Waals surface area (Å²) in [5, 5.41) is 2.89. The Hall–Kier alpha value is -1.44. The van der Waals surface area contributed by atoms with Crippen molar-refractivity contribution in [2.24, 2.45) is 0 Å². The fraction of sp³-hybridized carbons (Fsp3) is 0.611. The molecule has 7 heteroatoms. The molecule has 0 radical (unpaired) electrons. The lowest BCUT2D eigenvalue weighted by molar-refractivity contribution is 0.0938. The van der Waals surface area contributed by atoms with E-state index in [0.29, 0.717) is 30.7 Å². The van der Waals surface area contributed by atoms with E-state index in [0.717, 1.165) is 12.1 Å². The molecule has 1 aromatic rings. The molecule has 0 atom stereocenters. The number of aryl methyl sites for hydroxylation is 1. The van der Waals surface area contributed by atoms with Crippen LogP contribution in [0.3, 0.4) is 0 Å². The highest BCUT2D eigenvalue weighted by Gasteiger charge is 2.18. The lowest BCUT2D eigenvalue weighted by atomic mass is 10.1. The monoisotopic (exact) mass is 369 g/mol. The molecule has 0 aliphatic rings. The first-order chi connectivity index (χ1) is 11.6. The summed E-state index contributed by atoms with van der Waals surface area (Å²) >= 11 is 0.